The Balaban J connectivity index is 2.37. The van der Waals surface area contributed by atoms with Crippen LogP contribution in [0.1, 0.15) is 5.56 Å². The zero-order chi connectivity index (χ0) is 9.97. The average molecular weight is 194 g/mol. The molecular formula is C9H10N2O3. The molecule has 0 radical (unpaired) electrons. The van der Waals surface area contributed by atoms with Gasteiger partial charge in [-0.15, -0.1) is 0 Å². The zero-order valence-corrected chi connectivity index (χ0v) is 7.53. The van der Waals surface area contributed by atoms with Gasteiger partial charge in [0, 0.05) is 24.7 Å². The quantitative estimate of drug-likeness (QED) is 0.536. The number of hydrogen-bond acceptors (Lipinski definition) is 4. The number of nitro benzene ring substituents is 1. The molecule has 5 nitrogen and oxygen atoms in total. The van der Waals surface area contributed by atoms with Crippen LogP contribution >= 0.6 is 0 Å². The first-order valence-electron chi connectivity index (χ1n) is 4.38. The molecule has 0 saturated carbocycles. The first-order chi connectivity index (χ1) is 6.77. The Morgan fingerprint density at radius 3 is 3.14 bits per heavy atom. The van der Waals surface area contributed by atoms with Crippen molar-refractivity contribution in [3.63, 3.8) is 0 Å². The third-order valence-electron chi connectivity index (χ3n) is 2.11. The second-order valence-electron chi connectivity index (χ2n) is 3.07. The molecular weight excluding hydrogens is 184 g/mol. The summed E-state index contributed by atoms with van der Waals surface area (Å²) in [4.78, 5) is 10.1. The van der Waals surface area contributed by atoms with E-state index in [9.17, 15) is 10.1 Å². The van der Waals surface area contributed by atoms with Crippen molar-refractivity contribution in [1.29, 1.82) is 0 Å². The Kier molecular flexibility index (Phi) is 2.32. The van der Waals surface area contributed by atoms with Crippen molar-refractivity contribution in [1.82, 2.24) is 5.32 Å². The van der Waals surface area contributed by atoms with E-state index in [4.69, 9.17) is 4.74 Å². The van der Waals surface area contributed by atoms with Crippen LogP contribution in [0, 0.1) is 10.1 Å². The fourth-order valence-electron chi connectivity index (χ4n) is 1.39. The normalized spacial score (nSPS) is 15.1. The van der Waals surface area contributed by atoms with Crippen LogP contribution in [-0.4, -0.2) is 18.1 Å². The maximum Gasteiger partial charge on any atom is 0.273 e. The number of benzene rings is 1. The Bertz CT molecular complexity index is 365. The predicted octanol–water partition coefficient (Wildman–Crippen LogP) is 1.08. The second kappa shape index (κ2) is 3.63. The summed E-state index contributed by atoms with van der Waals surface area (Å²) >= 11 is 0. The van der Waals surface area contributed by atoms with Gasteiger partial charge in [0.25, 0.3) is 5.69 Å². The van der Waals surface area contributed by atoms with Gasteiger partial charge in [-0.3, -0.25) is 10.1 Å². The van der Waals surface area contributed by atoms with Crippen molar-refractivity contribution in [2.24, 2.45) is 0 Å². The number of fused-ring (bicyclic) bond motifs is 1. The number of nitrogens with zero attached hydrogens (tertiary/aromatic N) is 1. The van der Waals surface area contributed by atoms with E-state index < -0.39 is 4.92 Å². The van der Waals surface area contributed by atoms with Crippen molar-refractivity contribution in [3.8, 4) is 5.75 Å². The summed E-state index contributed by atoms with van der Waals surface area (Å²) in [5, 5.41) is 13.7. The molecule has 14 heavy (non-hydrogen) atoms. The number of hydrogen-bond donors (Lipinski definition) is 1. The van der Waals surface area contributed by atoms with Gasteiger partial charge < -0.3 is 10.1 Å². The van der Waals surface area contributed by atoms with Gasteiger partial charge in [0.05, 0.1) is 11.0 Å². The fraction of sp³-hybridized carbons (Fsp3) is 0.333. The molecule has 0 fully saturated rings. The van der Waals surface area contributed by atoms with Crippen LogP contribution in [-0.2, 0) is 6.54 Å². The lowest BCUT2D eigenvalue weighted by Crippen LogP contribution is -2.16. The van der Waals surface area contributed by atoms with Crippen LogP contribution in [0.25, 0.3) is 0 Å². The minimum absolute atomic E-state index is 0.0747. The lowest BCUT2D eigenvalue weighted by atomic mass is 10.2. The molecule has 0 bridgehead atoms. The van der Waals surface area contributed by atoms with Crippen LogP contribution < -0.4 is 10.1 Å². The maximum absolute atomic E-state index is 10.5. The molecule has 5 heteroatoms. The van der Waals surface area contributed by atoms with Gasteiger partial charge >= 0.3 is 0 Å². The molecule has 1 heterocycles. The lowest BCUT2D eigenvalue weighted by Gasteiger charge is -2.04. The molecule has 0 saturated heterocycles. The molecule has 1 N–H and O–H groups in total. The number of nitro groups is 1. The van der Waals surface area contributed by atoms with E-state index in [1.807, 2.05) is 0 Å². The van der Waals surface area contributed by atoms with Crippen molar-refractivity contribution >= 4 is 5.69 Å². The molecule has 0 atom stereocenters. The van der Waals surface area contributed by atoms with Gasteiger partial charge in [-0.25, -0.2) is 0 Å². The van der Waals surface area contributed by atoms with E-state index in [1.54, 1.807) is 6.07 Å². The molecule has 0 aromatic heterocycles. The van der Waals surface area contributed by atoms with E-state index in [-0.39, 0.29) is 5.69 Å². The molecule has 1 aromatic rings. The third kappa shape index (κ3) is 1.67. The monoisotopic (exact) mass is 194 g/mol. The smallest absolute Gasteiger partial charge is 0.273 e. The molecule has 74 valence electrons. The van der Waals surface area contributed by atoms with E-state index >= 15 is 0 Å². The van der Waals surface area contributed by atoms with Crippen molar-refractivity contribution in [2.45, 2.75) is 6.54 Å². The molecule has 1 aliphatic heterocycles. The average Bonchev–Trinajstić information content (AvgIpc) is 2.41. The summed E-state index contributed by atoms with van der Waals surface area (Å²) in [6.45, 7) is 2.02. The van der Waals surface area contributed by atoms with E-state index in [1.165, 1.54) is 12.1 Å². The molecule has 2 rings (SSSR count). The summed E-state index contributed by atoms with van der Waals surface area (Å²) in [5.74, 6) is 0.615. The molecule has 0 spiro atoms. The molecule has 0 amide bonds. The summed E-state index contributed by atoms with van der Waals surface area (Å²) in [6.07, 6.45) is 0. The summed E-state index contributed by atoms with van der Waals surface area (Å²) in [7, 11) is 0. The Morgan fingerprint density at radius 1 is 1.50 bits per heavy atom. The fourth-order valence-corrected chi connectivity index (χ4v) is 1.39. The van der Waals surface area contributed by atoms with Gasteiger partial charge in [-0.1, -0.05) is 0 Å². The number of ether oxygens (including phenoxy) is 1. The largest absolute Gasteiger partial charge is 0.492 e. The number of rotatable bonds is 1. The lowest BCUT2D eigenvalue weighted by molar-refractivity contribution is -0.384. The van der Waals surface area contributed by atoms with Crippen LogP contribution in [0.3, 0.4) is 0 Å². The van der Waals surface area contributed by atoms with Crippen LogP contribution in [0.5, 0.6) is 5.75 Å². The summed E-state index contributed by atoms with van der Waals surface area (Å²) in [6, 6.07) is 4.70. The van der Waals surface area contributed by atoms with Crippen LogP contribution in [0.15, 0.2) is 18.2 Å². The summed E-state index contributed by atoms with van der Waals surface area (Å²) < 4.78 is 5.37. The van der Waals surface area contributed by atoms with Crippen molar-refractivity contribution in [3.05, 3.63) is 33.9 Å². The number of non-ortho nitro benzene ring substituents is 1. The van der Waals surface area contributed by atoms with Gasteiger partial charge in [0.2, 0.25) is 0 Å². The minimum Gasteiger partial charge on any atom is -0.492 e. The molecule has 0 unspecified atom stereocenters. The van der Waals surface area contributed by atoms with E-state index in [2.05, 4.69) is 5.32 Å². The Hall–Kier alpha value is -1.62. The van der Waals surface area contributed by atoms with Gasteiger partial charge in [0.15, 0.2) is 0 Å². The topological polar surface area (TPSA) is 64.4 Å². The van der Waals surface area contributed by atoms with Crippen LogP contribution in [0.4, 0.5) is 5.69 Å². The highest BCUT2D eigenvalue weighted by atomic mass is 16.6. The van der Waals surface area contributed by atoms with Crippen LogP contribution in [0.2, 0.25) is 0 Å². The highest BCUT2D eigenvalue weighted by Gasteiger charge is 2.13. The predicted molar refractivity (Wildman–Crippen MR) is 50.3 cm³/mol. The SMILES string of the molecule is O=[N+]([O-])c1ccc2c(c1)OCCNC2. The number of nitrogens with one attached hydrogen (secondary N) is 1. The highest BCUT2D eigenvalue weighted by molar-refractivity contribution is 5.44. The highest BCUT2D eigenvalue weighted by Crippen LogP contribution is 2.25. The molecule has 1 aliphatic rings. The van der Waals surface area contributed by atoms with Gasteiger partial charge in [0.1, 0.15) is 12.4 Å². The maximum atomic E-state index is 10.5. The molecule has 1 aromatic carbocycles. The van der Waals surface area contributed by atoms with Gasteiger partial charge in [-0.05, 0) is 6.07 Å². The zero-order valence-electron chi connectivity index (χ0n) is 7.53. The Labute approximate surface area is 80.8 Å². The second-order valence-corrected chi connectivity index (χ2v) is 3.07. The molecule has 0 aliphatic carbocycles. The van der Waals surface area contributed by atoms with Gasteiger partial charge in [-0.2, -0.15) is 0 Å². The third-order valence-corrected chi connectivity index (χ3v) is 2.11. The van der Waals surface area contributed by atoms with Crippen molar-refractivity contribution < 1.29 is 9.66 Å². The first kappa shape index (κ1) is 8.96. The first-order valence-corrected chi connectivity index (χ1v) is 4.38. The standard InChI is InChI=1S/C9H10N2O3/c12-11(13)8-2-1-7-6-10-3-4-14-9(7)5-8/h1-2,5,10H,3-4,6H2. The van der Waals surface area contributed by atoms with E-state index in [0.717, 1.165) is 12.1 Å². The Morgan fingerprint density at radius 2 is 2.36 bits per heavy atom. The summed E-state index contributed by atoms with van der Waals surface area (Å²) in [5.41, 5.74) is 1.04. The van der Waals surface area contributed by atoms with E-state index in [0.29, 0.717) is 18.9 Å². The minimum atomic E-state index is -0.415. The van der Waals surface area contributed by atoms with Crippen molar-refractivity contribution in [2.75, 3.05) is 13.2 Å².